The molecule has 0 aromatic heterocycles. The van der Waals surface area contributed by atoms with Gasteiger partial charge in [0.25, 0.3) is 0 Å². The third-order valence-corrected chi connectivity index (χ3v) is 4.92. The number of aryl methyl sites for hydroxylation is 1. The van der Waals surface area contributed by atoms with E-state index in [1.54, 1.807) is 19.9 Å². The van der Waals surface area contributed by atoms with E-state index < -0.39 is 11.6 Å². The number of carbonyl (C=O) groups excluding carboxylic acids is 2. The zero-order valence-corrected chi connectivity index (χ0v) is 16.0. The highest BCUT2D eigenvalue weighted by atomic mass is 16.5. The van der Waals surface area contributed by atoms with Crippen LogP contribution in [0.5, 0.6) is 17.2 Å². The van der Waals surface area contributed by atoms with Gasteiger partial charge in [-0.3, -0.25) is 9.59 Å². The molecule has 3 rings (SSSR count). The van der Waals surface area contributed by atoms with Gasteiger partial charge in [0.1, 0.15) is 17.2 Å². The lowest BCUT2D eigenvalue weighted by Gasteiger charge is -2.23. The first kappa shape index (κ1) is 18.7. The lowest BCUT2D eigenvalue weighted by Crippen LogP contribution is -2.23. The molecule has 2 N–H and O–H groups in total. The molecule has 0 aliphatic heterocycles. The van der Waals surface area contributed by atoms with Crippen LogP contribution in [0.3, 0.4) is 0 Å². The maximum Gasteiger partial charge on any atom is 0.202 e. The van der Waals surface area contributed by atoms with Gasteiger partial charge in [-0.05, 0) is 43.0 Å². The average Bonchev–Trinajstić information content (AvgIpc) is 2.60. The number of benzene rings is 2. The number of fused-ring (bicyclic) bond motifs is 2. The van der Waals surface area contributed by atoms with Gasteiger partial charge in [0, 0.05) is 11.1 Å². The molecule has 0 saturated carbocycles. The minimum Gasteiger partial charge on any atom is -0.507 e. The summed E-state index contributed by atoms with van der Waals surface area (Å²) in [5.74, 6) is -1.03. The lowest BCUT2D eigenvalue weighted by molar-refractivity contribution is 0.0973. The van der Waals surface area contributed by atoms with E-state index in [4.69, 9.17) is 4.74 Å². The van der Waals surface area contributed by atoms with Gasteiger partial charge in [0.05, 0.1) is 23.8 Å². The molecule has 0 amide bonds. The van der Waals surface area contributed by atoms with Gasteiger partial charge in [-0.25, -0.2) is 0 Å². The van der Waals surface area contributed by atoms with E-state index in [1.807, 2.05) is 19.9 Å². The standard InChI is InChI=1S/C22H22O5/c1-10(2)6-7-13-16(27-5)9-14-18(20(13)24)22(26)19-15(23)8-11(3)12(4)17(19)21(14)25/h6-10,23-24H,1-5H3/b7-6+. The first-order chi connectivity index (χ1) is 12.7. The summed E-state index contributed by atoms with van der Waals surface area (Å²) in [5.41, 5.74) is 1.77. The molecule has 27 heavy (non-hydrogen) atoms. The zero-order chi connectivity index (χ0) is 20.0. The van der Waals surface area contributed by atoms with Gasteiger partial charge in [-0.1, -0.05) is 26.0 Å². The fourth-order valence-electron chi connectivity index (χ4n) is 3.36. The van der Waals surface area contributed by atoms with Crippen LogP contribution in [0.25, 0.3) is 6.08 Å². The lowest BCUT2D eigenvalue weighted by atomic mass is 9.79. The minimum atomic E-state index is -0.570. The van der Waals surface area contributed by atoms with Crippen LogP contribution in [-0.4, -0.2) is 28.9 Å². The van der Waals surface area contributed by atoms with Crippen LogP contribution < -0.4 is 4.74 Å². The summed E-state index contributed by atoms with van der Waals surface area (Å²) in [5, 5.41) is 21.1. The Balaban J connectivity index is 2.35. The van der Waals surface area contributed by atoms with Gasteiger partial charge < -0.3 is 14.9 Å². The van der Waals surface area contributed by atoms with Crippen molar-refractivity contribution < 1.29 is 24.5 Å². The first-order valence-electron chi connectivity index (χ1n) is 8.73. The van der Waals surface area contributed by atoms with Gasteiger partial charge in [-0.15, -0.1) is 0 Å². The molecule has 0 heterocycles. The molecule has 0 fully saturated rings. The zero-order valence-electron chi connectivity index (χ0n) is 16.0. The highest BCUT2D eigenvalue weighted by molar-refractivity contribution is 6.31. The van der Waals surface area contributed by atoms with Crippen LogP contribution in [-0.2, 0) is 0 Å². The van der Waals surface area contributed by atoms with Crippen LogP contribution in [0.4, 0.5) is 0 Å². The van der Waals surface area contributed by atoms with Crippen molar-refractivity contribution in [2.45, 2.75) is 27.7 Å². The maximum absolute atomic E-state index is 13.1. The second-order valence-electron chi connectivity index (χ2n) is 7.11. The quantitative estimate of drug-likeness (QED) is 0.727. The normalized spacial score (nSPS) is 13.3. The third-order valence-electron chi connectivity index (χ3n) is 4.92. The van der Waals surface area contributed by atoms with E-state index in [1.165, 1.54) is 19.2 Å². The van der Waals surface area contributed by atoms with Crippen molar-refractivity contribution in [2.24, 2.45) is 5.92 Å². The molecule has 0 unspecified atom stereocenters. The van der Waals surface area contributed by atoms with Gasteiger partial charge >= 0.3 is 0 Å². The Morgan fingerprint density at radius 3 is 2.26 bits per heavy atom. The summed E-state index contributed by atoms with van der Waals surface area (Å²) in [6, 6.07) is 2.95. The molecule has 0 atom stereocenters. The summed E-state index contributed by atoms with van der Waals surface area (Å²) < 4.78 is 5.35. The smallest absolute Gasteiger partial charge is 0.202 e. The fourth-order valence-corrected chi connectivity index (χ4v) is 3.36. The molecule has 1 aliphatic carbocycles. The van der Waals surface area contributed by atoms with Crippen molar-refractivity contribution in [2.75, 3.05) is 7.11 Å². The number of carbonyl (C=O) groups is 2. The SMILES string of the molecule is COc1cc2c(c(O)c1/C=C/C(C)C)C(=O)c1c(O)cc(C)c(C)c1C2=O. The number of methoxy groups -OCH3 is 1. The molecule has 2 aromatic rings. The topological polar surface area (TPSA) is 83.8 Å². The number of ether oxygens (including phenoxy) is 1. The molecule has 5 nitrogen and oxygen atoms in total. The average molecular weight is 366 g/mol. The number of hydrogen-bond donors (Lipinski definition) is 2. The molecule has 0 saturated heterocycles. The van der Waals surface area contributed by atoms with Crippen molar-refractivity contribution in [1.29, 1.82) is 0 Å². The predicted octanol–water partition coefficient (Wildman–Crippen LogP) is 4.17. The molecule has 1 aliphatic rings. The molecule has 0 bridgehead atoms. The number of allylic oxidation sites excluding steroid dienone is 1. The van der Waals surface area contributed by atoms with E-state index in [0.29, 0.717) is 22.4 Å². The monoisotopic (exact) mass is 366 g/mol. The van der Waals surface area contributed by atoms with Crippen molar-refractivity contribution in [3.8, 4) is 17.2 Å². The molecular weight excluding hydrogens is 344 g/mol. The summed E-state index contributed by atoms with van der Waals surface area (Å²) in [6.07, 6.45) is 3.53. The number of phenols is 2. The second-order valence-corrected chi connectivity index (χ2v) is 7.11. The number of hydrogen-bond acceptors (Lipinski definition) is 5. The maximum atomic E-state index is 13.1. The molecule has 2 aromatic carbocycles. The van der Waals surface area contributed by atoms with E-state index in [0.717, 1.165) is 0 Å². The summed E-state index contributed by atoms with van der Waals surface area (Å²) in [4.78, 5) is 26.2. The molecule has 0 radical (unpaired) electrons. The van der Waals surface area contributed by atoms with Crippen LogP contribution in [0, 0.1) is 19.8 Å². The van der Waals surface area contributed by atoms with Gasteiger partial charge in [-0.2, -0.15) is 0 Å². The summed E-state index contributed by atoms with van der Waals surface area (Å²) in [6.45, 7) is 7.46. The Bertz CT molecular complexity index is 1010. The molecule has 140 valence electrons. The molecular formula is C22H22O5. The van der Waals surface area contributed by atoms with Gasteiger partial charge in [0.15, 0.2) is 5.78 Å². The number of aromatic hydroxyl groups is 2. The highest BCUT2D eigenvalue weighted by Gasteiger charge is 2.37. The Kier molecular flexibility index (Phi) is 4.56. The van der Waals surface area contributed by atoms with E-state index in [9.17, 15) is 19.8 Å². The molecule has 0 spiro atoms. The van der Waals surface area contributed by atoms with E-state index >= 15 is 0 Å². The Morgan fingerprint density at radius 2 is 1.67 bits per heavy atom. The Hall–Kier alpha value is -3.08. The Labute approximate surface area is 157 Å². The van der Waals surface area contributed by atoms with Crippen molar-refractivity contribution >= 4 is 17.6 Å². The number of rotatable bonds is 3. The van der Waals surface area contributed by atoms with Gasteiger partial charge in [0.2, 0.25) is 5.78 Å². The van der Waals surface area contributed by atoms with Crippen molar-refractivity contribution in [3.63, 3.8) is 0 Å². The predicted molar refractivity (Wildman–Crippen MR) is 103 cm³/mol. The summed E-state index contributed by atoms with van der Waals surface area (Å²) in [7, 11) is 1.44. The Morgan fingerprint density at radius 1 is 1.00 bits per heavy atom. The van der Waals surface area contributed by atoms with Crippen LogP contribution in [0.2, 0.25) is 0 Å². The fraction of sp³-hybridized carbons (Fsp3) is 0.273. The van der Waals surface area contributed by atoms with Crippen LogP contribution >= 0.6 is 0 Å². The van der Waals surface area contributed by atoms with Crippen molar-refractivity contribution in [3.05, 3.63) is 57.2 Å². The number of phenolic OH excluding ortho intramolecular Hbond substituents is 2. The van der Waals surface area contributed by atoms with Crippen molar-refractivity contribution in [1.82, 2.24) is 0 Å². The van der Waals surface area contributed by atoms with E-state index in [-0.39, 0.29) is 39.7 Å². The van der Waals surface area contributed by atoms with Crippen LogP contribution in [0.1, 0.15) is 62.4 Å². The first-order valence-corrected chi connectivity index (χ1v) is 8.73. The minimum absolute atomic E-state index is 0.0603. The second kappa shape index (κ2) is 6.58. The molecule has 5 heteroatoms. The highest BCUT2D eigenvalue weighted by Crippen LogP contribution is 2.43. The summed E-state index contributed by atoms with van der Waals surface area (Å²) >= 11 is 0. The largest absolute Gasteiger partial charge is 0.507 e. The third kappa shape index (κ3) is 2.79. The van der Waals surface area contributed by atoms with E-state index in [2.05, 4.69) is 0 Å². The van der Waals surface area contributed by atoms with Crippen LogP contribution in [0.15, 0.2) is 18.2 Å². The number of ketones is 2.